The van der Waals surface area contributed by atoms with E-state index in [2.05, 4.69) is 31.3 Å². The molecule has 394 valence electrons. The largest absolute Gasteiger partial charge is 0.394 e. The number of unbranched alkanes of at least 4 members (excludes halogenated alkanes) is 49. The number of rotatable bonds is 58. The van der Waals surface area contributed by atoms with E-state index in [1.54, 1.807) is 0 Å². The topological polar surface area (TPSA) is 69.6 Å². The van der Waals surface area contributed by atoms with Crippen LogP contribution in [0.1, 0.15) is 361 Å². The highest BCUT2D eigenvalue weighted by Gasteiger charge is 2.20. The van der Waals surface area contributed by atoms with E-state index < -0.39 is 12.1 Å². The second-order valence-electron chi connectivity index (χ2n) is 21.5. The Morgan fingerprint density at radius 2 is 0.576 bits per heavy atom. The summed E-state index contributed by atoms with van der Waals surface area (Å²) in [4.78, 5) is 12.5. The molecule has 0 aromatic heterocycles. The fourth-order valence-electron chi connectivity index (χ4n) is 10.1. The third kappa shape index (κ3) is 54.1. The Morgan fingerprint density at radius 3 is 0.833 bits per heavy atom. The minimum atomic E-state index is -0.658. The summed E-state index contributed by atoms with van der Waals surface area (Å²) in [7, 11) is 0. The molecule has 0 aromatic rings. The minimum absolute atomic E-state index is 0.0231. The molecule has 0 bridgehead atoms. The third-order valence-electron chi connectivity index (χ3n) is 14.8. The molecule has 0 radical (unpaired) electrons. The number of amides is 1. The van der Waals surface area contributed by atoms with Gasteiger partial charge in [0, 0.05) is 6.42 Å². The number of carbonyl (C=O) groups is 1. The lowest BCUT2D eigenvalue weighted by Crippen LogP contribution is -2.45. The summed E-state index contributed by atoms with van der Waals surface area (Å²) in [6.07, 6.45) is 76.6. The first-order chi connectivity index (χ1) is 32.7. The van der Waals surface area contributed by atoms with Crippen molar-refractivity contribution in [2.45, 2.75) is 373 Å². The molecule has 0 aliphatic heterocycles. The Bertz CT molecular complexity index is 921. The summed E-state index contributed by atoms with van der Waals surface area (Å²) in [5.41, 5.74) is 0. The second-order valence-corrected chi connectivity index (χ2v) is 21.5. The van der Waals surface area contributed by atoms with E-state index in [9.17, 15) is 15.0 Å². The normalized spacial score (nSPS) is 12.7. The van der Waals surface area contributed by atoms with Crippen LogP contribution < -0.4 is 5.32 Å². The molecule has 0 spiro atoms. The Kier molecular flexibility index (Phi) is 57.7. The van der Waals surface area contributed by atoms with Crippen molar-refractivity contribution in [2.75, 3.05) is 6.61 Å². The summed E-state index contributed by atoms with van der Waals surface area (Å²) < 4.78 is 0. The molecule has 0 heterocycles. The van der Waals surface area contributed by atoms with Gasteiger partial charge in [-0.15, -0.1) is 0 Å². The standard InChI is InChI=1S/C62H123NO3/c1-3-5-7-9-11-13-15-17-19-21-23-25-27-29-31-33-35-37-39-41-43-45-47-49-51-53-55-57-61(65)60(59-64)63-62(66)58-56-54-52-50-48-46-44-42-40-38-36-34-32-30-28-26-24-22-20-18-16-14-12-10-8-6-4-2/h22,24,60-61,64-65H,3-21,23,25-59H2,1-2H3,(H,63,66)/b24-22-. The second kappa shape index (κ2) is 58.4. The molecule has 0 rings (SSSR count). The van der Waals surface area contributed by atoms with Crippen LogP contribution in [0.5, 0.6) is 0 Å². The minimum Gasteiger partial charge on any atom is -0.394 e. The Balaban J connectivity index is 3.40. The average Bonchev–Trinajstić information content (AvgIpc) is 3.32. The third-order valence-corrected chi connectivity index (χ3v) is 14.8. The Labute approximate surface area is 416 Å². The molecule has 2 unspecified atom stereocenters. The van der Waals surface area contributed by atoms with Crippen molar-refractivity contribution < 1.29 is 15.0 Å². The van der Waals surface area contributed by atoms with Crippen LogP contribution in [0.4, 0.5) is 0 Å². The first-order valence-electron chi connectivity index (χ1n) is 30.9. The van der Waals surface area contributed by atoms with Gasteiger partial charge in [0.15, 0.2) is 0 Å². The molecule has 1 amide bonds. The molecule has 0 fully saturated rings. The van der Waals surface area contributed by atoms with Gasteiger partial charge in [0.1, 0.15) is 0 Å². The number of hydrogen-bond donors (Lipinski definition) is 3. The first-order valence-corrected chi connectivity index (χ1v) is 30.9. The fourth-order valence-corrected chi connectivity index (χ4v) is 10.1. The van der Waals surface area contributed by atoms with E-state index in [1.165, 1.54) is 308 Å². The van der Waals surface area contributed by atoms with Crippen molar-refractivity contribution in [3.8, 4) is 0 Å². The zero-order valence-electron chi connectivity index (χ0n) is 45.5. The Morgan fingerprint density at radius 1 is 0.348 bits per heavy atom. The number of nitrogens with one attached hydrogen (secondary N) is 1. The van der Waals surface area contributed by atoms with Crippen molar-refractivity contribution in [1.82, 2.24) is 5.32 Å². The molecule has 3 N–H and O–H groups in total. The lowest BCUT2D eigenvalue weighted by molar-refractivity contribution is -0.123. The molecule has 4 heteroatoms. The van der Waals surface area contributed by atoms with Gasteiger partial charge < -0.3 is 15.5 Å². The molecular formula is C62H123NO3. The highest BCUT2D eigenvalue weighted by Crippen LogP contribution is 2.19. The molecule has 66 heavy (non-hydrogen) atoms. The highest BCUT2D eigenvalue weighted by molar-refractivity contribution is 5.76. The summed E-state index contributed by atoms with van der Waals surface area (Å²) in [5, 5.41) is 23.4. The molecular weight excluding hydrogens is 807 g/mol. The van der Waals surface area contributed by atoms with Crippen LogP contribution in [0.15, 0.2) is 12.2 Å². The van der Waals surface area contributed by atoms with Gasteiger partial charge in [0.05, 0.1) is 18.8 Å². The van der Waals surface area contributed by atoms with Gasteiger partial charge in [0.2, 0.25) is 5.91 Å². The Hall–Kier alpha value is -0.870. The smallest absolute Gasteiger partial charge is 0.220 e. The molecule has 0 aliphatic rings. The first kappa shape index (κ1) is 65.1. The van der Waals surface area contributed by atoms with E-state index in [-0.39, 0.29) is 12.5 Å². The van der Waals surface area contributed by atoms with Crippen molar-refractivity contribution in [1.29, 1.82) is 0 Å². The number of aliphatic hydroxyl groups excluding tert-OH is 2. The van der Waals surface area contributed by atoms with Crippen molar-refractivity contribution in [3.63, 3.8) is 0 Å². The molecule has 4 nitrogen and oxygen atoms in total. The maximum Gasteiger partial charge on any atom is 0.220 e. The van der Waals surface area contributed by atoms with Gasteiger partial charge in [-0.3, -0.25) is 4.79 Å². The van der Waals surface area contributed by atoms with Crippen molar-refractivity contribution >= 4 is 5.91 Å². The number of carbonyl (C=O) groups excluding carboxylic acids is 1. The zero-order chi connectivity index (χ0) is 47.7. The number of aliphatic hydroxyl groups is 2. The average molecular weight is 931 g/mol. The number of allylic oxidation sites excluding steroid dienone is 2. The van der Waals surface area contributed by atoms with Crippen LogP contribution in [-0.4, -0.2) is 34.9 Å². The molecule has 0 aliphatic carbocycles. The van der Waals surface area contributed by atoms with Crippen molar-refractivity contribution in [2.24, 2.45) is 0 Å². The van der Waals surface area contributed by atoms with Crippen LogP contribution in [-0.2, 0) is 4.79 Å². The van der Waals surface area contributed by atoms with E-state index in [4.69, 9.17) is 0 Å². The lowest BCUT2D eigenvalue weighted by Gasteiger charge is -2.22. The van der Waals surface area contributed by atoms with E-state index >= 15 is 0 Å². The SMILES string of the molecule is CCCCCCCCCC/C=C\CCCCCCCCCCCCCCCCCC(=O)NC(CO)C(O)CCCCCCCCCCCCCCCCCCCCCCCCCCCCC. The van der Waals surface area contributed by atoms with Gasteiger partial charge in [-0.1, -0.05) is 328 Å². The highest BCUT2D eigenvalue weighted by atomic mass is 16.3. The van der Waals surface area contributed by atoms with E-state index in [1.807, 2.05) is 0 Å². The molecule has 0 saturated carbocycles. The van der Waals surface area contributed by atoms with Crippen LogP contribution in [0, 0.1) is 0 Å². The van der Waals surface area contributed by atoms with Gasteiger partial charge in [-0.2, -0.15) is 0 Å². The summed E-state index contributed by atoms with van der Waals surface area (Å²) in [6.45, 7) is 4.41. The summed E-state index contributed by atoms with van der Waals surface area (Å²) in [6, 6.07) is -0.534. The quantitative estimate of drug-likeness (QED) is 0.0420. The molecule has 0 saturated heterocycles. The molecule has 0 aromatic carbocycles. The predicted molar refractivity (Wildman–Crippen MR) is 295 cm³/mol. The lowest BCUT2D eigenvalue weighted by atomic mass is 10.0. The van der Waals surface area contributed by atoms with Crippen LogP contribution in [0.3, 0.4) is 0 Å². The van der Waals surface area contributed by atoms with Gasteiger partial charge in [-0.25, -0.2) is 0 Å². The monoisotopic (exact) mass is 930 g/mol. The van der Waals surface area contributed by atoms with E-state index in [0.717, 1.165) is 25.7 Å². The van der Waals surface area contributed by atoms with Gasteiger partial charge in [-0.05, 0) is 38.5 Å². The zero-order valence-corrected chi connectivity index (χ0v) is 45.5. The van der Waals surface area contributed by atoms with Crippen LogP contribution in [0.2, 0.25) is 0 Å². The molecule has 2 atom stereocenters. The van der Waals surface area contributed by atoms with E-state index in [0.29, 0.717) is 12.8 Å². The fraction of sp³-hybridized carbons (Fsp3) is 0.952. The maximum absolute atomic E-state index is 12.5. The number of hydrogen-bond acceptors (Lipinski definition) is 3. The van der Waals surface area contributed by atoms with Crippen molar-refractivity contribution in [3.05, 3.63) is 12.2 Å². The van der Waals surface area contributed by atoms with Gasteiger partial charge >= 0.3 is 0 Å². The van der Waals surface area contributed by atoms with Crippen LogP contribution in [0.25, 0.3) is 0 Å². The van der Waals surface area contributed by atoms with Crippen LogP contribution >= 0.6 is 0 Å². The van der Waals surface area contributed by atoms with Gasteiger partial charge in [0.25, 0.3) is 0 Å². The summed E-state index contributed by atoms with van der Waals surface area (Å²) in [5.74, 6) is -0.0231. The summed E-state index contributed by atoms with van der Waals surface area (Å²) >= 11 is 0. The predicted octanol–water partition coefficient (Wildman–Crippen LogP) is 20.5. The maximum atomic E-state index is 12.5.